The Morgan fingerprint density at radius 3 is 3.06 bits per heavy atom. The van der Waals surface area contributed by atoms with Crippen molar-refractivity contribution in [2.24, 2.45) is 0 Å². The zero-order valence-electron chi connectivity index (χ0n) is 9.29. The van der Waals surface area contributed by atoms with Gasteiger partial charge in [0.15, 0.2) is 0 Å². The maximum Gasteiger partial charge on any atom is 0.356 e. The number of ether oxygens (including phenoxy) is 1. The zero-order valence-corrected chi connectivity index (χ0v) is 10.1. The number of methoxy groups -OCH3 is 1. The maximum absolute atomic E-state index is 11.5. The summed E-state index contributed by atoms with van der Waals surface area (Å²) in [5, 5.41) is 17.1. The van der Waals surface area contributed by atoms with Crippen molar-refractivity contribution in [2.45, 2.75) is 6.54 Å². The van der Waals surface area contributed by atoms with Gasteiger partial charge in [-0.1, -0.05) is 0 Å². The molecule has 90 valence electrons. The van der Waals surface area contributed by atoms with Crippen LogP contribution in [0.15, 0.2) is 22.9 Å². The molecule has 2 aromatic rings. The number of hydrogen-bond donors (Lipinski definition) is 1. The monoisotopic (exact) mass is 252 g/mol. The number of carbonyl (C=O) groups is 1. The zero-order chi connectivity index (χ0) is 12.3. The molecule has 0 bridgehead atoms. The van der Waals surface area contributed by atoms with Crippen molar-refractivity contribution < 1.29 is 14.6 Å². The van der Waals surface area contributed by atoms with Crippen LogP contribution in [-0.2, 0) is 11.3 Å². The first-order valence-electron chi connectivity index (χ1n) is 5.06. The molecule has 2 heterocycles. The summed E-state index contributed by atoms with van der Waals surface area (Å²) < 4.78 is 6.13. The van der Waals surface area contributed by atoms with Crippen LogP contribution in [0.3, 0.4) is 0 Å². The SMILES string of the molecule is COC(=O)c1cc(-c2ccsc2)nn1CCO. The average molecular weight is 252 g/mol. The van der Waals surface area contributed by atoms with E-state index in [4.69, 9.17) is 5.11 Å². The second kappa shape index (κ2) is 5.11. The van der Waals surface area contributed by atoms with Crippen molar-refractivity contribution in [1.29, 1.82) is 0 Å². The highest BCUT2D eigenvalue weighted by molar-refractivity contribution is 7.08. The Morgan fingerprint density at radius 2 is 2.47 bits per heavy atom. The van der Waals surface area contributed by atoms with Crippen LogP contribution in [0, 0.1) is 0 Å². The van der Waals surface area contributed by atoms with Crippen molar-refractivity contribution >= 4 is 17.3 Å². The van der Waals surface area contributed by atoms with Gasteiger partial charge in [-0.2, -0.15) is 16.4 Å². The van der Waals surface area contributed by atoms with Crippen LogP contribution in [0.2, 0.25) is 0 Å². The van der Waals surface area contributed by atoms with E-state index < -0.39 is 5.97 Å². The van der Waals surface area contributed by atoms with E-state index in [0.717, 1.165) is 5.56 Å². The topological polar surface area (TPSA) is 64.3 Å². The normalized spacial score (nSPS) is 10.5. The number of aromatic nitrogens is 2. The summed E-state index contributed by atoms with van der Waals surface area (Å²) in [5.74, 6) is -0.451. The molecule has 0 saturated heterocycles. The molecule has 0 fully saturated rings. The van der Waals surface area contributed by atoms with Crippen molar-refractivity contribution in [3.63, 3.8) is 0 Å². The van der Waals surface area contributed by atoms with E-state index in [-0.39, 0.29) is 13.2 Å². The predicted molar refractivity (Wildman–Crippen MR) is 64.0 cm³/mol. The van der Waals surface area contributed by atoms with Crippen LogP contribution >= 0.6 is 11.3 Å². The third kappa shape index (κ3) is 2.37. The Kier molecular flexibility index (Phi) is 3.55. The quantitative estimate of drug-likeness (QED) is 0.835. The Balaban J connectivity index is 2.40. The van der Waals surface area contributed by atoms with Crippen molar-refractivity contribution in [3.05, 3.63) is 28.6 Å². The van der Waals surface area contributed by atoms with Gasteiger partial charge in [0.1, 0.15) is 5.69 Å². The molecule has 17 heavy (non-hydrogen) atoms. The van der Waals surface area contributed by atoms with Crippen LogP contribution in [-0.4, -0.2) is 34.6 Å². The van der Waals surface area contributed by atoms with E-state index >= 15 is 0 Å². The summed E-state index contributed by atoms with van der Waals surface area (Å²) in [6.07, 6.45) is 0. The number of aliphatic hydroxyl groups is 1. The third-order valence-electron chi connectivity index (χ3n) is 2.30. The molecule has 6 heteroatoms. The molecule has 0 aromatic carbocycles. The summed E-state index contributed by atoms with van der Waals surface area (Å²) in [4.78, 5) is 11.5. The number of thiophene rings is 1. The average Bonchev–Trinajstić information content (AvgIpc) is 2.96. The highest BCUT2D eigenvalue weighted by Crippen LogP contribution is 2.22. The molecule has 0 amide bonds. The molecule has 0 radical (unpaired) electrons. The lowest BCUT2D eigenvalue weighted by Crippen LogP contribution is -2.13. The fourth-order valence-electron chi connectivity index (χ4n) is 1.50. The van der Waals surface area contributed by atoms with Gasteiger partial charge in [0, 0.05) is 10.9 Å². The molecule has 0 aliphatic heterocycles. The van der Waals surface area contributed by atoms with Gasteiger partial charge in [0.25, 0.3) is 0 Å². The smallest absolute Gasteiger partial charge is 0.356 e. The minimum atomic E-state index is -0.451. The molecule has 0 saturated carbocycles. The minimum absolute atomic E-state index is 0.0747. The maximum atomic E-state index is 11.5. The molecular weight excluding hydrogens is 240 g/mol. The molecule has 2 aromatic heterocycles. The van der Waals surface area contributed by atoms with E-state index in [0.29, 0.717) is 11.4 Å². The van der Waals surface area contributed by atoms with Crippen molar-refractivity contribution in [2.75, 3.05) is 13.7 Å². The predicted octanol–water partition coefficient (Wildman–Crippen LogP) is 1.39. The van der Waals surface area contributed by atoms with Crippen molar-refractivity contribution in [3.8, 4) is 11.3 Å². The molecule has 0 unspecified atom stereocenters. The number of hydrogen-bond acceptors (Lipinski definition) is 5. The number of esters is 1. The van der Waals surface area contributed by atoms with E-state index in [1.165, 1.54) is 11.8 Å². The summed E-state index contributed by atoms with van der Waals surface area (Å²) in [7, 11) is 1.32. The number of carbonyl (C=O) groups excluding carboxylic acids is 1. The van der Waals surface area contributed by atoms with Crippen molar-refractivity contribution in [1.82, 2.24) is 9.78 Å². The highest BCUT2D eigenvalue weighted by Gasteiger charge is 2.16. The van der Waals surface area contributed by atoms with Crippen LogP contribution in [0.1, 0.15) is 10.5 Å². The van der Waals surface area contributed by atoms with Gasteiger partial charge in [-0.05, 0) is 17.5 Å². The molecule has 0 aliphatic carbocycles. The van der Waals surface area contributed by atoms with Gasteiger partial charge in [-0.25, -0.2) is 4.79 Å². The molecule has 0 atom stereocenters. The van der Waals surface area contributed by atoms with Gasteiger partial charge in [0.2, 0.25) is 0 Å². The van der Waals surface area contributed by atoms with Crippen LogP contribution < -0.4 is 0 Å². The van der Waals surface area contributed by atoms with Crippen LogP contribution in [0.25, 0.3) is 11.3 Å². The van der Waals surface area contributed by atoms with E-state index in [1.807, 2.05) is 16.8 Å². The van der Waals surface area contributed by atoms with Crippen LogP contribution in [0.4, 0.5) is 0 Å². The lowest BCUT2D eigenvalue weighted by Gasteiger charge is -2.02. The van der Waals surface area contributed by atoms with Gasteiger partial charge in [-0.3, -0.25) is 4.68 Å². The lowest BCUT2D eigenvalue weighted by molar-refractivity contribution is 0.0585. The molecule has 1 N–H and O–H groups in total. The van der Waals surface area contributed by atoms with E-state index in [2.05, 4.69) is 9.84 Å². The molecule has 0 aliphatic rings. The first kappa shape index (κ1) is 11.8. The first-order valence-corrected chi connectivity index (χ1v) is 6.00. The molecule has 5 nitrogen and oxygen atoms in total. The second-order valence-corrected chi connectivity index (χ2v) is 4.15. The van der Waals surface area contributed by atoms with E-state index in [9.17, 15) is 4.79 Å². The first-order chi connectivity index (χ1) is 8.26. The lowest BCUT2D eigenvalue weighted by atomic mass is 10.2. The summed E-state index contributed by atoms with van der Waals surface area (Å²) in [5.41, 5.74) is 2.01. The number of rotatable bonds is 4. The molecule has 0 spiro atoms. The second-order valence-electron chi connectivity index (χ2n) is 3.37. The Hall–Kier alpha value is -1.66. The van der Waals surface area contributed by atoms with Crippen LogP contribution in [0.5, 0.6) is 0 Å². The molecule has 2 rings (SSSR count). The van der Waals surface area contributed by atoms with Gasteiger partial charge < -0.3 is 9.84 Å². The minimum Gasteiger partial charge on any atom is -0.464 e. The summed E-state index contributed by atoms with van der Waals surface area (Å²) in [6.45, 7) is 0.198. The Labute approximate surface area is 102 Å². The number of nitrogens with zero attached hydrogens (tertiary/aromatic N) is 2. The fourth-order valence-corrected chi connectivity index (χ4v) is 2.15. The van der Waals surface area contributed by atoms with Gasteiger partial charge in [0.05, 0.1) is 26.0 Å². The fraction of sp³-hybridized carbons (Fsp3) is 0.273. The standard InChI is InChI=1S/C11H12N2O3S/c1-16-11(15)10-6-9(8-2-5-17-7-8)12-13(10)3-4-14/h2,5-7,14H,3-4H2,1H3. The summed E-state index contributed by atoms with van der Waals surface area (Å²) >= 11 is 1.56. The summed E-state index contributed by atoms with van der Waals surface area (Å²) in [6, 6.07) is 3.60. The Bertz CT molecular complexity index is 505. The molecular formula is C11H12N2O3S. The number of aliphatic hydroxyl groups excluding tert-OH is 1. The Morgan fingerprint density at radius 1 is 1.65 bits per heavy atom. The van der Waals surface area contributed by atoms with Gasteiger partial charge >= 0.3 is 5.97 Å². The largest absolute Gasteiger partial charge is 0.464 e. The van der Waals surface area contributed by atoms with E-state index in [1.54, 1.807) is 17.4 Å². The highest BCUT2D eigenvalue weighted by atomic mass is 32.1. The van der Waals surface area contributed by atoms with Gasteiger partial charge in [-0.15, -0.1) is 0 Å². The third-order valence-corrected chi connectivity index (χ3v) is 2.99.